The molecule has 0 saturated heterocycles. The molecule has 1 saturated carbocycles. The number of benzene rings is 1. The summed E-state index contributed by atoms with van der Waals surface area (Å²) in [5.74, 6) is -0.125. The summed E-state index contributed by atoms with van der Waals surface area (Å²) in [7, 11) is 0. The van der Waals surface area contributed by atoms with Crippen molar-refractivity contribution in [3.63, 3.8) is 0 Å². The average Bonchev–Trinajstić information content (AvgIpc) is 3.15. The Morgan fingerprint density at radius 3 is 2.73 bits per heavy atom. The Labute approximate surface area is 124 Å². The molecule has 0 bridgehead atoms. The van der Waals surface area contributed by atoms with Crippen LogP contribution < -0.4 is 5.32 Å². The fourth-order valence-electron chi connectivity index (χ4n) is 2.49. The van der Waals surface area contributed by atoms with Crippen LogP contribution in [0.25, 0.3) is 0 Å². The number of anilines is 1. The summed E-state index contributed by atoms with van der Waals surface area (Å²) in [5.41, 5.74) is 1.39. The molecule has 116 valence electrons. The molecule has 1 aliphatic rings. The topological polar surface area (TPSA) is 46.9 Å². The van der Waals surface area contributed by atoms with E-state index in [4.69, 9.17) is 0 Å². The maximum atomic E-state index is 12.2. The second kappa shape index (κ2) is 5.47. The number of hydrogen-bond donors (Lipinski definition) is 1. The second-order valence-corrected chi connectivity index (χ2v) is 5.39. The first-order valence-electron chi connectivity index (χ1n) is 6.87. The molecule has 0 unspecified atom stereocenters. The number of alkyl halides is 3. The minimum absolute atomic E-state index is 0.131. The summed E-state index contributed by atoms with van der Waals surface area (Å²) in [6.07, 6.45) is -1.16. The van der Waals surface area contributed by atoms with Gasteiger partial charge in [-0.2, -0.15) is 18.3 Å². The number of nitrogens with one attached hydrogen (secondary N) is 1. The van der Waals surface area contributed by atoms with Crippen molar-refractivity contribution < 1.29 is 18.0 Å². The van der Waals surface area contributed by atoms with Gasteiger partial charge in [0.05, 0.1) is 11.9 Å². The molecule has 0 spiro atoms. The summed E-state index contributed by atoms with van der Waals surface area (Å²) < 4.78 is 37.5. The summed E-state index contributed by atoms with van der Waals surface area (Å²) in [5, 5.41) is 6.21. The third-order valence-corrected chi connectivity index (χ3v) is 3.60. The first-order valence-corrected chi connectivity index (χ1v) is 6.87. The number of rotatable bonds is 4. The van der Waals surface area contributed by atoms with Crippen molar-refractivity contribution in [2.75, 3.05) is 5.32 Å². The molecular formula is C15H14F3N3O. The standard InChI is InChI=1S/C15H14F3N3O/c16-15(17,18)9-21-8-11(7-19-21)20-14(22)13-6-12(13)10-4-2-1-3-5-10/h1-5,7-8,12-13H,6,9H2,(H,20,22)/t12-,13+/m1/s1. The Balaban J connectivity index is 1.57. The summed E-state index contributed by atoms with van der Waals surface area (Å²) in [6, 6.07) is 9.70. The maximum Gasteiger partial charge on any atom is 0.408 e. The summed E-state index contributed by atoms with van der Waals surface area (Å²) >= 11 is 0. The molecule has 3 rings (SSSR count). The lowest BCUT2D eigenvalue weighted by molar-refractivity contribution is -0.142. The largest absolute Gasteiger partial charge is 0.408 e. The number of carbonyl (C=O) groups excluding carboxylic acids is 1. The molecule has 4 nitrogen and oxygen atoms in total. The SMILES string of the molecule is O=C(Nc1cnn(CC(F)(F)F)c1)[C@H]1C[C@@H]1c1ccccc1. The molecule has 1 heterocycles. The van der Waals surface area contributed by atoms with E-state index in [0.29, 0.717) is 0 Å². The van der Waals surface area contributed by atoms with Crippen LogP contribution in [0.15, 0.2) is 42.7 Å². The zero-order valence-electron chi connectivity index (χ0n) is 11.5. The Hall–Kier alpha value is -2.31. The van der Waals surface area contributed by atoms with Gasteiger partial charge in [0.1, 0.15) is 6.54 Å². The van der Waals surface area contributed by atoms with Gasteiger partial charge in [0, 0.05) is 12.1 Å². The molecule has 1 N–H and O–H groups in total. The highest BCUT2D eigenvalue weighted by atomic mass is 19.4. The number of halogens is 3. The molecule has 0 radical (unpaired) electrons. The van der Waals surface area contributed by atoms with Gasteiger partial charge in [-0.3, -0.25) is 9.48 Å². The minimum atomic E-state index is -4.33. The number of hydrogen-bond acceptors (Lipinski definition) is 2. The van der Waals surface area contributed by atoms with Gasteiger partial charge < -0.3 is 5.32 Å². The summed E-state index contributed by atoms with van der Waals surface area (Å²) in [4.78, 5) is 12.1. The highest BCUT2D eigenvalue weighted by molar-refractivity contribution is 5.95. The fraction of sp³-hybridized carbons (Fsp3) is 0.333. The lowest BCUT2D eigenvalue weighted by Gasteiger charge is -2.05. The monoisotopic (exact) mass is 309 g/mol. The number of aromatic nitrogens is 2. The molecule has 22 heavy (non-hydrogen) atoms. The minimum Gasteiger partial charge on any atom is -0.323 e. The molecule has 1 aromatic heterocycles. The van der Waals surface area contributed by atoms with Gasteiger partial charge in [-0.05, 0) is 17.9 Å². The van der Waals surface area contributed by atoms with Crippen LogP contribution in [0.1, 0.15) is 17.9 Å². The van der Waals surface area contributed by atoms with E-state index in [1.807, 2.05) is 30.3 Å². The average molecular weight is 309 g/mol. The van der Waals surface area contributed by atoms with E-state index in [2.05, 4.69) is 10.4 Å². The lowest BCUT2D eigenvalue weighted by Crippen LogP contribution is -2.18. The predicted molar refractivity (Wildman–Crippen MR) is 74.2 cm³/mol. The van der Waals surface area contributed by atoms with Crippen molar-refractivity contribution >= 4 is 11.6 Å². The molecule has 1 aromatic carbocycles. The first-order chi connectivity index (χ1) is 10.4. The van der Waals surface area contributed by atoms with Crippen molar-refractivity contribution in [2.45, 2.75) is 25.1 Å². The van der Waals surface area contributed by atoms with Crippen LogP contribution in [0.2, 0.25) is 0 Å². The van der Waals surface area contributed by atoms with Crippen LogP contribution in [0.5, 0.6) is 0 Å². The highest BCUT2D eigenvalue weighted by Crippen LogP contribution is 2.47. The highest BCUT2D eigenvalue weighted by Gasteiger charge is 2.43. The van der Waals surface area contributed by atoms with Gasteiger partial charge in [-0.15, -0.1) is 0 Å². The molecule has 1 amide bonds. The van der Waals surface area contributed by atoms with Gasteiger partial charge >= 0.3 is 6.18 Å². The number of carbonyl (C=O) groups is 1. The zero-order valence-corrected chi connectivity index (χ0v) is 11.5. The first kappa shape index (κ1) is 14.6. The Morgan fingerprint density at radius 1 is 1.32 bits per heavy atom. The third kappa shape index (κ3) is 3.47. The quantitative estimate of drug-likeness (QED) is 0.943. The second-order valence-electron chi connectivity index (χ2n) is 5.39. The van der Waals surface area contributed by atoms with E-state index in [-0.39, 0.29) is 23.4 Å². The molecule has 1 aliphatic carbocycles. The molecule has 1 fully saturated rings. The smallest absolute Gasteiger partial charge is 0.323 e. The van der Waals surface area contributed by atoms with E-state index in [1.165, 1.54) is 12.4 Å². The summed E-state index contributed by atoms with van der Waals surface area (Å²) in [6.45, 7) is -1.17. The molecule has 7 heteroatoms. The van der Waals surface area contributed by atoms with Gasteiger partial charge in [0.15, 0.2) is 0 Å². The van der Waals surface area contributed by atoms with Gasteiger partial charge in [0.25, 0.3) is 0 Å². The van der Waals surface area contributed by atoms with E-state index in [1.54, 1.807) is 0 Å². The molecule has 0 aliphatic heterocycles. The molecule has 2 atom stereocenters. The third-order valence-electron chi connectivity index (χ3n) is 3.60. The van der Waals surface area contributed by atoms with E-state index < -0.39 is 12.7 Å². The van der Waals surface area contributed by atoms with Crippen molar-refractivity contribution in [3.05, 3.63) is 48.3 Å². The zero-order chi connectivity index (χ0) is 15.7. The van der Waals surface area contributed by atoms with Crippen LogP contribution >= 0.6 is 0 Å². The van der Waals surface area contributed by atoms with Crippen molar-refractivity contribution in [2.24, 2.45) is 5.92 Å². The van der Waals surface area contributed by atoms with Crippen LogP contribution in [-0.4, -0.2) is 21.9 Å². The number of nitrogens with zero attached hydrogens (tertiary/aromatic N) is 2. The Kier molecular flexibility index (Phi) is 3.64. The Bertz CT molecular complexity index is 666. The van der Waals surface area contributed by atoms with E-state index in [0.717, 1.165) is 16.7 Å². The van der Waals surface area contributed by atoms with Crippen molar-refractivity contribution in [1.29, 1.82) is 0 Å². The van der Waals surface area contributed by atoms with Crippen LogP contribution in [-0.2, 0) is 11.3 Å². The van der Waals surface area contributed by atoms with Crippen molar-refractivity contribution in [3.8, 4) is 0 Å². The maximum absolute atomic E-state index is 12.2. The normalized spacial score (nSPS) is 20.7. The predicted octanol–water partition coefficient (Wildman–Crippen LogP) is 3.19. The van der Waals surface area contributed by atoms with Crippen LogP contribution in [0.3, 0.4) is 0 Å². The van der Waals surface area contributed by atoms with E-state index in [9.17, 15) is 18.0 Å². The van der Waals surface area contributed by atoms with Gasteiger partial charge in [0.2, 0.25) is 5.91 Å². The molecular weight excluding hydrogens is 295 g/mol. The van der Waals surface area contributed by atoms with Gasteiger partial charge in [-0.25, -0.2) is 0 Å². The number of amides is 1. The fourth-order valence-corrected chi connectivity index (χ4v) is 2.49. The van der Waals surface area contributed by atoms with Crippen molar-refractivity contribution in [1.82, 2.24) is 9.78 Å². The van der Waals surface area contributed by atoms with Gasteiger partial charge in [-0.1, -0.05) is 30.3 Å². The Morgan fingerprint density at radius 2 is 2.05 bits per heavy atom. The lowest BCUT2D eigenvalue weighted by atomic mass is 10.1. The van der Waals surface area contributed by atoms with Crippen LogP contribution in [0.4, 0.5) is 18.9 Å². The van der Waals surface area contributed by atoms with E-state index >= 15 is 0 Å². The van der Waals surface area contributed by atoms with Crippen LogP contribution in [0, 0.1) is 5.92 Å². The molecule has 2 aromatic rings.